The minimum Gasteiger partial charge on any atom is -0.378 e. The van der Waals surface area contributed by atoms with Crippen molar-refractivity contribution in [1.82, 2.24) is 20.2 Å². The van der Waals surface area contributed by atoms with E-state index in [-0.39, 0.29) is 6.03 Å². The quantitative estimate of drug-likeness (QED) is 0.830. The van der Waals surface area contributed by atoms with E-state index >= 15 is 0 Å². The number of aromatic nitrogens is 2. The van der Waals surface area contributed by atoms with E-state index in [0.717, 1.165) is 51.5 Å². The van der Waals surface area contributed by atoms with Crippen molar-refractivity contribution in [1.29, 1.82) is 0 Å². The maximum Gasteiger partial charge on any atom is 0.317 e. The Bertz CT molecular complexity index is 499. The molecule has 0 spiro atoms. The van der Waals surface area contributed by atoms with Gasteiger partial charge in [-0.25, -0.2) is 14.8 Å². The van der Waals surface area contributed by atoms with Crippen molar-refractivity contribution in [2.24, 2.45) is 0 Å². The van der Waals surface area contributed by atoms with Crippen molar-refractivity contribution >= 4 is 12.0 Å². The first-order valence-electron chi connectivity index (χ1n) is 8.99. The topological polar surface area (TPSA) is 70.6 Å². The molecule has 1 atom stereocenters. The molecule has 2 aliphatic heterocycles. The first-order valence-corrected chi connectivity index (χ1v) is 8.99. The molecule has 2 saturated heterocycles. The summed E-state index contributed by atoms with van der Waals surface area (Å²) in [5.41, 5.74) is 0. The lowest BCUT2D eigenvalue weighted by molar-refractivity contribution is 0.0102. The molecule has 3 rings (SSSR count). The van der Waals surface area contributed by atoms with Crippen LogP contribution in [0.1, 0.15) is 32.1 Å². The molecule has 1 aromatic rings. The summed E-state index contributed by atoms with van der Waals surface area (Å²) in [5.74, 6) is 0.741. The number of hydrogen-bond donors (Lipinski definition) is 1. The molecule has 1 N–H and O–H groups in total. The molecule has 24 heavy (non-hydrogen) atoms. The molecule has 0 radical (unpaired) electrons. The normalized spacial score (nSPS) is 21.6. The van der Waals surface area contributed by atoms with Crippen LogP contribution in [0.3, 0.4) is 0 Å². The second kappa shape index (κ2) is 8.82. The van der Waals surface area contributed by atoms with Gasteiger partial charge in [-0.1, -0.05) is 0 Å². The maximum atomic E-state index is 12.2. The van der Waals surface area contributed by atoms with E-state index in [1.54, 1.807) is 12.4 Å². The molecule has 0 bridgehead atoms. The molecular weight excluding hydrogens is 306 g/mol. The zero-order valence-electron chi connectivity index (χ0n) is 14.2. The molecule has 0 aromatic carbocycles. The van der Waals surface area contributed by atoms with Gasteiger partial charge in [0, 0.05) is 51.7 Å². The number of carbonyl (C=O) groups is 1. The monoisotopic (exact) mass is 333 g/mol. The van der Waals surface area contributed by atoms with Crippen LogP contribution in [0.15, 0.2) is 18.5 Å². The number of anilines is 1. The molecule has 7 nitrogen and oxygen atoms in total. The number of hydrogen-bond acceptors (Lipinski definition) is 5. The Hall–Kier alpha value is -1.89. The van der Waals surface area contributed by atoms with E-state index in [1.165, 1.54) is 12.8 Å². The van der Waals surface area contributed by atoms with Crippen molar-refractivity contribution in [3.05, 3.63) is 18.5 Å². The van der Waals surface area contributed by atoms with Gasteiger partial charge in [0.1, 0.15) is 0 Å². The summed E-state index contributed by atoms with van der Waals surface area (Å²) in [6.07, 6.45) is 9.53. The SMILES string of the molecule is O=C(NCCC[C@@H]1CCCCO1)N1CCN(c2ncccn2)CC1. The lowest BCUT2D eigenvalue weighted by Crippen LogP contribution is -2.52. The van der Waals surface area contributed by atoms with Crippen molar-refractivity contribution in [3.63, 3.8) is 0 Å². The van der Waals surface area contributed by atoms with Crippen LogP contribution in [-0.2, 0) is 4.74 Å². The first-order chi connectivity index (χ1) is 11.8. The van der Waals surface area contributed by atoms with Crippen LogP contribution >= 0.6 is 0 Å². The predicted molar refractivity (Wildman–Crippen MR) is 92.0 cm³/mol. The third kappa shape index (κ3) is 4.80. The second-order valence-electron chi connectivity index (χ2n) is 6.39. The summed E-state index contributed by atoms with van der Waals surface area (Å²) < 4.78 is 5.71. The molecule has 0 unspecified atom stereocenters. The summed E-state index contributed by atoms with van der Waals surface area (Å²) >= 11 is 0. The van der Waals surface area contributed by atoms with E-state index in [0.29, 0.717) is 19.2 Å². The molecule has 2 amide bonds. The largest absolute Gasteiger partial charge is 0.378 e. The molecule has 7 heteroatoms. The van der Waals surface area contributed by atoms with Gasteiger partial charge in [0.2, 0.25) is 5.95 Å². The minimum absolute atomic E-state index is 0.0354. The summed E-state index contributed by atoms with van der Waals surface area (Å²) in [6, 6.07) is 1.85. The van der Waals surface area contributed by atoms with Gasteiger partial charge in [0.15, 0.2) is 0 Å². The third-order valence-electron chi connectivity index (χ3n) is 4.65. The standard InChI is InChI=1S/C17H27N5O2/c23-17(20-7-3-6-15-5-1-2-14-24-15)22-12-10-21(11-13-22)16-18-8-4-9-19-16/h4,8-9,15H,1-3,5-7,10-14H2,(H,20,23)/t15-/m0/s1. The summed E-state index contributed by atoms with van der Waals surface area (Å²) in [4.78, 5) is 24.7. The average Bonchev–Trinajstić information content (AvgIpc) is 2.67. The lowest BCUT2D eigenvalue weighted by atomic mass is 10.0. The number of rotatable bonds is 5. The van der Waals surface area contributed by atoms with Gasteiger partial charge in [-0.3, -0.25) is 0 Å². The number of ether oxygens (including phenoxy) is 1. The molecule has 2 fully saturated rings. The summed E-state index contributed by atoms with van der Waals surface area (Å²) in [5, 5.41) is 3.03. The Kier molecular flexibility index (Phi) is 6.23. The highest BCUT2D eigenvalue weighted by atomic mass is 16.5. The number of urea groups is 1. The van der Waals surface area contributed by atoms with E-state index in [4.69, 9.17) is 4.74 Å². The van der Waals surface area contributed by atoms with Gasteiger partial charge in [0.25, 0.3) is 0 Å². The Labute approximate surface area is 143 Å². The maximum absolute atomic E-state index is 12.2. The number of amides is 2. The van der Waals surface area contributed by atoms with Crippen LogP contribution in [0.25, 0.3) is 0 Å². The highest BCUT2D eigenvalue weighted by Gasteiger charge is 2.22. The Morgan fingerprint density at radius 3 is 2.71 bits per heavy atom. The molecule has 0 saturated carbocycles. The predicted octanol–water partition coefficient (Wildman–Crippen LogP) is 1.66. The molecule has 1 aromatic heterocycles. The second-order valence-corrected chi connectivity index (χ2v) is 6.39. The number of carbonyl (C=O) groups excluding carboxylic acids is 1. The van der Waals surface area contributed by atoms with Crippen LogP contribution in [-0.4, -0.2) is 66.3 Å². The zero-order chi connectivity index (χ0) is 16.6. The summed E-state index contributed by atoms with van der Waals surface area (Å²) in [7, 11) is 0. The van der Waals surface area contributed by atoms with Crippen molar-refractivity contribution in [2.45, 2.75) is 38.2 Å². The van der Waals surface area contributed by atoms with Gasteiger partial charge in [-0.05, 0) is 38.2 Å². The van der Waals surface area contributed by atoms with Crippen LogP contribution in [0, 0.1) is 0 Å². The average molecular weight is 333 g/mol. The van der Waals surface area contributed by atoms with Crippen molar-refractivity contribution < 1.29 is 9.53 Å². The van der Waals surface area contributed by atoms with E-state index < -0.39 is 0 Å². The zero-order valence-corrected chi connectivity index (χ0v) is 14.2. The Balaban J connectivity index is 1.32. The van der Waals surface area contributed by atoms with E-state index in [1.807, 2.05) is 11.0 Å². The third-order valence-corrected chi connectivity index (χ3v) is 4.65. The van der Waals surface area contributed by atoms with Gasteiger partial charge in [-0.15, -0.1) is 0 Å². The molecule has 2 aliphatic rings. The van der Waals surface area contributed by atoms with Gasteiger partial charge < -0.3 is 19.9 Å². The van der Waals surface area contributed by atoms with Crippen LogP contribution in [0.5, 0.6) is 0 Å². The van der Waals surface area contributed by atoms with Gasteiger partial charge >= 0.3 is 6.03 Å². The van der Waals surface area contributed by atoms with Crippen LogP contribution in [0.2, 0.25) is 0 Å². The summed E-state index contributed by atoms with van der Waals surface area (Å²) in [6.45, 7) is 4.57. The Morgan fingerprint density at radius 2 is 2.00 bits per heavy atom. The molecule has 0 aliphatic carbocycles. The fraction of sp³-hybridized carbons (Fsp3) is 0.706. The van der Waals surface area contributed by atoms with Gasteiger partial charge in [0.05, 0.1) is 6.10 Å². The molecule has 3 heterocycles. The van der Waals surface area contributed by atoms with Crippen LogP contribution < -0.4 is 10.2 Å². The lowest BCUT2D eigenvalue weighted by Gasteiger charge is -2.34. The van der Waals surface area contributed by atoms with E-state index in [2.05, 4.69) is 20.2 Å². The van der Waals surface area contributed by atoms with Crippen LogP contribution in [0.4, 0.5) is 10.7 Å². The van der Waals surface area contributed by atoms with E-state index in [9.17, 15) is 4.79 Å². The van der Waals surface area contributed by atoms with Gasteiger partial charge in [-0.2, -0.15) is 0 Å². The molecule has 132 valence electrons. The minimum atomic E-state index is 0.0354. The fourth-order valence-electron chi connectivity index (χ4n) is 3.24. The smallest absolute Gasteiger partial charge is 0.317 e. The number of nitrogens with one attached hydrogen (secondary N) is 1. The fourth-order valence-corrected chi connectivity index (χ4v) is 3.24. The Morgan fingerprint density at radius 1 is 1.21 bits per heavy atom. The number of nitrogens with zero attached hydrogens (tertiary/aromatic N) is 4. The number of piperazine rings is 1. The first kappa shape index (κ1) is 17.0. The highest BCUT2D eigenvalue weighted by molar-refractivity contribution is 5.74. The molecular formula is C17H27N5O2. The van der Waals surface area contributed by atoms with Crippen molar-refractivity contribution in [2.75, 3.05) is 44.2 Å². The van der Waals surface area contributed by atoms with Crippen molar-refractivity contribution in [3.8, 4) is 0 Å². The highest BCUT2D eigenvalue weighted by Crippen LogP contribution is 2.16.